The third kappa shape index (κ3) is 4.28. The van der Waals surface area contributed by atoms with Gasteiger partial charge in [0.25, 0.3) is 0 Å². The van der Waals surface area contributed by atoms with Gasteiger partial charge in [-0.3, -0.25) is 0 Å². The Morgan fingerprint density at radius 3 is 2.20 bits per heavy atom. The molecule has 0 radical (unpaired) electrons. The number of amides is 1. The van der Waals surface area contributed by atoms with Gasteiger partial charge < -0.3 is 0 Å². The Balaban J connectivity index is 2.85. The van der Waals surface area contributed by atoms with Crippen LogP contribution in [0.3, 0.4) is 0 Å². The van der Waals surface area contributed by atoms with Gasteiger partial charge in [0.1, 0.15) is 0 Å². The molecule has 0 spiro atoms. The minimum absolute atomic E-state index is 0.551. The van der Waals surface area contributed by atoms with Crippen LogP contribution in [0.15, 0.2) is 0 Å². The van der Waals surface area contributed by atoms with Crippen LogP contribution in [0.4, 0.5) is 4.79 Å². The molecule has 0 rings (SSSR count). The van der Waals surface area contributed by atoms with Crippen LogP contribution in [0.2, 0.25) is 0 Å². The first-order chi connectivity index (χ1) is 2.27. The molecule has 30 valence electrons. The summed E-state index contributed by atoms with van der Waals surface area (Å²) in [4.78, 5) is 9.45. The van der Waals surface area contributed by atoms with Crippen molar-refractivity contribution in [3.05, 3.63) is 0 Å². The van der Waals surface area contributed by atoms with E-state index in [1.165, 1.54) is 0 Å². The average molecular weight is 158 g/mol. The first-order valence-electron chi connectivity index (χ1n) is 0.867. The van der Waals surface area contributed by atoms with E-state index in [4.69, 9.17) is 11.6 Å². The molecule has 0 aromatic rings. The molecular weight excluding hydrogens is 156 g/mol. The molecule has 0 saturated carbocycles. The molecule has 1 N–H and O–H groups in total. The second kappa shape index (κ2) is 2.51. The predicted octanol–water partition coefficient (Wildman–Crippen LogP) is -0.249. The molecule has 0 aromatic carbocycles. The number of halogens is 1. The molecule has 0 aliphatic rings. The fourth-order valence-electron chi connectivity index (χ4n) is 0. The van der Waals surface area contributed by atoms with Crippen molar-refractivity contribution in [3.63, 3.8) is 0 Å². The number of nitrogens with one attached hydrogen (secondary N) is 1. The van der Waals surface area contributed by atoms with Gasteiger partial charge in [0, 0.05) is 0 Å². The van der Waals surface area contributed by atoms with Crippen LogP contribution < -0.4 is 4.33 Å². The maximum absolute atomic E-state index is 9.45. The predicted molar refractivity (Wildman–Crippen MR) is 21.5 cm³/mol. The summed E-state index contributed by atoms with van der Waals surface area (Å²) in [6.45, 7) is 0. The zero-order valence-electron chi connectivity index (χ0n) is 2.23. The van der Waals surface area contributed by atoms with Crippen molar-refractivity contribution in [2.45, 2.75) is 0 Å². The Kier molecular flexibility index (Phi) is 2.65. The first kappa shape index (κ1) is 5.28. The van der Waals surface area contributed by atoms with E-state index in [0.717, 1.165) is 0 Å². The van der Waals surface area contributed by atoms with Crippen molar-refractivity contribution in [1.82, 2.24) is 4.33 Å². The van der Waals surface area contributed by atoms with Gasteiger partial charge in [-0.1, -0.05) is 0 Å². The topological polar surface area (TPSA) is 29.1 Å². The van der Waals surface area contributed by atoms with Crippen LogP contribution in [0.25, 0.3) is 0 Å². The Labute approximate surface area is 42.9 Å². The molecular formula is CH2ClNOSe. The summed E-state index contributed by atoms with van der Waals surface area (Å²) >= 11 is 6.54. The van der Waals surface area contributed by atoms with Gasteiger partial charge >= 0.3 is 42.3 Å². The second-order valence-electron chi connectivity index (χ2n) is 0.386. The summed E-state index contributed by atoms with van der Waals surface area (Å²) < 4.78 is 2.09. The Bertz CT molecular complexity index is 46.9. The molecule has 4 heteroatoms. The van der Waals surface area contributed by atoms with Gasteiger partial charge in [-0.25, -0.2) is 0 Å². The first-order valence-corrected chi connectivity index (χ1v) is 2.18. The van der Waals surface area contributed by atoms with Crippen LogP contribution in [0.5, 0.6) is 0 Å². The van der Waals surface area contributed by atoms with Gasteiger partial charge in [-0.15, -0.1) is 0 Å². The monoisotopic (exact) mass is 159 g/mol. The quantitative estimate of drug-likeness (QED) is 0.294. The zero-order chi connectivity index (χ0) is 4.28. The molecule has 2 nitrogen and oxygen atoms in total. The van der Waals surface area contributed by atoms with Crippen LogP contribution in [-0.2, 0) is 0 Å². The molecule has 0 aromatic heterocycles. The van der Waals surface area contributed by atoms with Crippen LogP contribution in [0, 0.1) is 0 Å². The third-order valence-electron chi connectivity index (χ3n) is 0.0879. The summed E-state index contributed by atoms with van der Waals surface area (Å²) in [5.74, 6) is 0. The summed E-state index contributed by atoms with van der Waals surface area (Å²) in [7, 11) is 0. The zero-order valence-corrected chi connectivity index (χ0v) is 4.87. The maximum atomic E-state index is 9.45. The number of carbonyl (C=O) groups is 1. The van der Waals surface area contributed by atoms with Crippen molar-refractivity contribution < 1.29 is 4.79 Å². The van der Waals surface area contributed by atoms with Crippen LogP contribution in [0.1, 0.15) is 0 Å². The average Bonchev–Trinajstić information content (AvgIpc) is 1.38. The Hall–Kier alpha value is 0.279. The number of rotatable bonds is 0. The standard InChI is InChI=1S/CH2ClNOSe/c2-1(4)3-5/h5H,(H,3,4). The molecule has 0 aliphatic carbocycles. The molecule has 1 amide bonds. The van der Waals surface area contributed by atoms with Gasteiger partial charge in [0.2, 0.25) is 0 Å². The van der Waals surface area contributed by atoms with E-state index < -0.39 is 5.37 Å². The van der Waals surface area contributed by atoms with Crippen molar-refractivity contribution in [1.29, 1.82) is 0 Å². The van der Waals surface area contributed by atoms with Gasteiger partial charge in [0.15, 0.2) is 0 Å². The Morgan fingerprint density at radius 1 is 2.00 bits per heavy atom. The number of hydrogen-bond donors (Lipinski definition) is 1. The van der Waals surface area contributed by atoms with E-state index in [0.29, 0.717) is 0 Å². The summed E-state index contributed by atoms with van der Waals surface area (Å²) in [5.41, 5.74) is 0. The molecule has 0 aliphatic heterocycles. The van der Waals surface area contributed by atoms with Crippen molar-refractivity contribution in [2.24, 2.45) is 0 Å². The molecule has 0 saturated heterocycles. The van der Waals surface area contributed by atoms with Gasteiger partial charge in [-0.2, -0.15) is 0 Å². The third-order valence-corrected chi connectivity index (χ3v) is 0.896. The fourth-order valence-corrected chi connectivity index (χ4v) is 0. The molecule has 0 heterocycles. The fraction of sp³-hybridized carbons (Fsp3) is 0. The molecule has 5 heavy (non-hydrogen) atoms. The normalized spacial score (nSPS) is 6.80. The van der Waals surface area contributed by atoms with E-state index >= 15 is 0 Å². The van der Waals surface area contributed by atoms with Crippen molar-refractivity contribution in [3.8, 4) is 0 Å². The van der Waals surface area contributed by atoms with E-state index in [-0.39, 0.29) is 0 Å². The number of carbonyl (C=O) groups excluding carboxylic acids is 1. The number of hydrogen-bond acceptors (Lipinski definition) is 1. The van der Waals surface area contributed by atoms with Crippen LogP contribution >= 0.6 is 11.6 Å². The van der Waals surface area contributed by atoms with Crippen LogP contribution in [-0.4, -0.2) is 21.6 Å². The second-order valence-corrected chi connectivity index (χ2v) is 1.20. The molecule has 0 unspecified atom stereocenters. The van der Waals surface area contributed by atoms with Gasteiger partial charge in [0.05, 0.1) is 0 Å². The van der Waals surface area contributed by atoms with Crippen molar-refractivity contribution in [2.75, 3.05) is 0 Å². The molecule has 0 atom stereocenters. The minimum atomic E-state index is -0.551. The SMILES string of the molecule is O=C(Cl)N[SeH]. The summed E-state index contributed by atoms with van der Waals surface area (Å²) in [5, 5.41) is -0.551. The summed E-state index contributed by atoms with van der Waals surface area (Å²) in [6, 6.07) is 0. The van der Waals surface area contributed by atoms with Gasteiger partial charge in [-0.05, 0) is 0 Å². The Morgan fingerprint density at radius 2 is 2.20 bits per heavy atom. The summed E-state index contributed by atoms with van der Waals surface area (Å²) in [6.07, 6.45) is 0. The van der Waals surface area contributed by atoms with E-state index in [1.54, 1.807) is 0 Å². The van der Waals surface area contributed by atoms with Crippen molar-refractivity contribution >= 4 is 33.2 Å². The molecule has 0 fully saturated rings. The molecule has 0 bridgehead atoms. The van der Waals surface area contributed by atoms with E-state index in [9.17, 15) is 4.79 Å². The van der Waals surface area contributed by atoms with E-state index in [2.05, 4.69) is 4.33 Å². The van der Waals surface area contributed by atoms with E-state index in [1.807, 2.05) is 16.2 Å².